The first-order valence-electron chi connectivity index (χ1n) is 8.48. The summed E-state index contributed by atoms with van der Waals surface area (Å²) in [7, 11) is 0. The van der Waals surface area contributed by atoms with E-state index in [-0.39, 0.29) is 11.3 Å². The van der Waals surface area contributed by atoms with Crippen molar-refractivity contribution in [3.05, 3.63) is 0 Å². The van der Waals surface area contributed by atoms with Crippen LogP contribution in [0.5, 0.6) is 0 Å². The fraction of sp³-hybridized carbons (Fsp3) is 0.882. The third kappa shape index (κ3) is 5.77. The topological polar surface area (TPSA) is 98.7 Å². The number of nitrogens with one attached hydrogen (secondary N) is 2. The first-order valence-corrected chi connectivity index (χ1v) is 8.48. The summed E-state index contributed by atoms with van der Waals surface area (Å²) in [4.78, 5) is 22.9. The van der Waals surface area contributed by atoms with Gasteiger partial charge in [-0.3, -0.25) is 9.59 Å². The summed E-state index contributed by atoms with van der Waals surface area (Å²) in [5.41, 5.74) is -1.39. The zero-order valence-electron chi connectivity index (χ0n) is 15.4. The highest BCUT2D eigenvalue weighted by molar-refractivity contribution is 5.79. The van der Waals surface area contributed by atoms with E-state index in [4.69, 9.17) is 0 Å². The van der Waals surface area contributed by atoms with E-state index in [1.54, 1.807) is 6.92 Å². The molecule has 0 heterocycles. The summed E-state index contributed by atoms with van der Waals surface area (Å²) in [6.07, 6.45) is 2.21. The van der Waals surface area contributed by atoms with Gasteiger partial charge in [-0.05, 0) is 44.2 Å². The van der Waals surface area contributed by atoms with Gasteiger partial charge in [0.25, 0.3) is 0 Å². The second-order valence-corrected chi connectivity index (χ2v) is 7.10. The Morgan fingerprint density at radius 2 is 1.65 bits per heavy atom. The van der Waals surface area contributed by atoms with Gasteiger partial charge in [-0.2, -0.15) is 0 Å². The lowest BCUT2D eigenvalue weighted by Crippen LogP contribution is -2.59. The Labute approximate surface area is 140 Å². The Morgan fingerprint density at radius 1 is 1.09 bits per heavy atom. The zero-order valence-corrected chi connectivity index (χ0v) is 15.4. The summed E-state index contributed by atoms with van der Waals surface area (Å²) in [5, 5.41) is 25.0. The predicted octanol–water partition coefficient (Wildman–Crippen LogP) is 2.33. The second-order valence-electron chi connectivity index (χ2n) is 7.10. The standard InChI is InChI=1S/C17H34N2O4/c1-7-12(3)13(14(20)21)18-10-9-11-19-17(6,15(22)23)16(4,5)8-2/h12-13,18-19H,7-11H2,1-6H3,(H,20,21)(H,22,23). The highest BCUT2D eigenvalue weighted by atomic mass is 16.4. The summed E-state index contributed by atoms with van der Waals surface area (Å²) in [6.45, 7) is 12.5. The maximum absolute atomic E-state index is 11.7. The monoisotopic (exact) mass is 330 g/mol. The fourth-order valence-corrected chi connectivity index (χ4v) is 2.41. The first-order chi connectivity index (χ1) is 10.5. The van der Waals surface area contributed by atoms with Crippen LogP contribution in [0, 0.1) is 11.3 Å². The van der Waals surface area contributed by atoms with Gasteiger partial charge in [-0.15, -0.1) is 0 Å². The maximum atomic E-state index is 11.7. The van der Waals surface area contributed by atoms with Crippen molar-refractivity contribution in [2.45, 2.75) is 72.4 Å². The van der Waals surface area contributed by atoms with Crippen molar-refractivity contribution in [3.63, 3.8) is 0 Å². The van der Waals surface area contributed by atoms with Crippen molar-refractivity contribution in [3.8, 4) is 0 Å². The molecular weight excluding hydrogens is 296 g/mol. The fourth-order valence-electron chi connectivity index (χ4n) is 2.41. The number of carbonyl (C=O) groups is 2. The predicted molar refractivity (Wildman–Crippen MR) is 91.6 cm³/mol. The van der Waals surface area contributed by atoms with E-state index in [2.05, 4.69) is 10.6 Å². The molecule has 0 aliphatic rings. The molecule has 0 radical (unpaired) electrons. The molecule has 23 heavy (non-hydrogen) atoms. The van der Waals surface area contributed by atoms with Crippen LogP contribution in [0.15, 0.2) is 0 Å². The minimum absolute atomic E-state index is 0.0590. The molecule has 0 amide bonds. The van der Waals surface area contributed by atoms with Gasteiger partial charge in [-0.25, -0.2) is 0 Å². The Balaban J connectivity index is 4.48. The van der Waals surface area contributed by atoms with Gasteiger partial charge >= 0.3 is 11.9 Å². The molecule has 3 unspecified atom stereocenters. The maximum Gasteiger partial charge on any atom is 0.324 e. The number of carboxylic acid groups (broad SMARTS) is 2. The van der Waals surface area contributed by atoms with E-state index < -0.39 is 23.5 Å². The van der Waals surface area contributed by atoms with E-state index in [1.165, 1.54) is 0 Å². The average Bonchev–Trinajstić information content (AvgIpc) is 2.48. The summed E-state index contributed by atoms with van der Waals surface area (Å²) < 4.78 is 0. The number of aliphatic carboxylic acids is 2. The molecule has 0 aromatic carbocycles. The average molecular weight is 330 g/mol. The molecule has 0 aromatic heterocycles. The SMILES string of the molecule is CCC(C)C(NCCCNC(C)(C(=O)O)C(C)(C)CC)C(=O)O. The van der Waals surface area contributed by atoms with Crippen LogP contribution in [0.4, 0.5) is 0 Å². The van der Waals surface area contributed by atoms with Gasteiger partial charge < -0.3 is 20.8 Å². The molecule has 0 aliphatic heterocycles. The van der Waals surface area contributed by atoms with Crippen molar-refractivity contribution in [2.24, 2.45) is 11.3 Å². The smallest absolute Gasteiger partial charge is 0.324 e. The van der Waals surface area contributed by atoms with Crippen LogP contribution in [0.2, 0.25) is 0 Å². The molecule has 6 nitrogen and oxygen atoms in total. The van der Waals surface area contributed by atoms with Gasteiger partial charge in [-0.1, -0.05) is 41.0 Å². The molecule has 3 atom stereocenters. The summed E-state index contributed by atoms with van der Waals surface area (Å²) >= 11 is 0. The molecule has 0 bridgehead atoms. The molecular formula is C17H34N2O4. The van der Waals surface area contributed by atoms with Gasteiger partial charge in [0.1, 0.15) is 11.6 Å². The van der Waals surface area contributed by atoms with Gasteiger partial charge in [0, 0.05) is 0 Å². The lowest BCUT2D eigenvalue weighted by atomic mass is 9.71. The molecule has 4 N–H and O–H groups in total. The van der Waals surface area contributed by atoms with Gasteiger partial charge in [0.15, 0.2) is 0 Å². The van der Waals surface area contributed by atoms with Crippen LogP contribution in [0.3, 0.4) is 0 Å². The van der Waals surface area contributed by atoms with Crippen LogP contribution in [-0.4, -0.2) is 46.8 Å². The van der Waals surface area contributed by atoms with Crippen LogP contribution in [0.25, 0.3) is 0 Å². The largest absolute Gasteiger partial charge is 0.480 e. The molecule has 0 saturated carbocycles. The number of carboxylic acids is 2. The van der Waals surface area contributed by atoms with Crippen LogP contribution in [-0.2, 0) is 9.59 Å². The highest BCUT2D eigenvalue weighted by Gasteiger charge is 2.45. The minimum Gasteiger partial charge on any atom is -0.480 e. The number of rotatable bonds is 12. The summed E-state index contributed by atoms with van der Waals surface area (Å²) in [6, 6.07) is -0.557. The van der Waals surface area contributed by atoms with Crippen molar-refractivity contribution < 1.29 is 19.8 Å². The second kappa shape index (κ2) is 9.23. The van der Waals surface area contributed by atoms with Crippen molar-refractivity contribution in [2.75, 3.05) is 13.1 Å². The Morgan fingerprint density at radius 3 is 2.04 bits per heavy atom. The van der Waals surface area contributed by atoms with E-state index in [9.17, 15) is 19.8 Å². The lowest BCUT2D eigenvalue weighted by molar-refractivity contribution is -0.149. The minimum atomic E-state index is -1.01. The first kappa shape index (κ1) is 21.9. The van der Waals surface area contributed by atoms with Crippen molar-refractivity contribution in [1.29, 1.82) is 0 Å². The van der Waals surface area contributed by atoms with Crippen molar-refractivity contribution in [1.82, 2.24) is 10.6 Å². The molecule has 6 heteroatoms. The van der Waals surface area contributed by atoms with Gasteiger partial charge in [0.2, 0.25) is 0 Å². The Bertz CT molecular complexity index is 398. The molecule has 0 aliphatic carbocycles. The molecule has 0 fully saturated rings. The molecule has 0 spiro atoms. The van der Waals surface area contributed by atoms with Crippen LogP contribution >= 0.6 is 0 Å². The number of hydrogen-bond donors (Lipinski definition) is 4. The zero-order chi connectivity index (χ0) is 18.3. The molecule has 136 valence electrons. The van der Waals surface area contributed by atoms with E-state index in [1.807, 2.05) is 34.6 Å². The molecule has 0 rings (SSSR count). The third-order valence-corrected chi connectivity index (χ3v) is 5.34. The van der Waals surface area contributed by atoms with Crippen LogP contribution in [0.1, 0.15) is 60.8 Å². The normalized spacial score (nSPS) is 17.3. The third-order valence-electron chi connectivity index (χ3n) is 5.34. The lowest BCUT2D eigenvalue weighted by Gasteiger charge is -2.41. The van der Waals surface area contributed by atoms with E-state index in [0.717, 1.165) is 12.8 Å². The molecule has 0 aromatic rings. The van der Waals surface area contributed by atoms with Gasteiger partial charge in [0.05, 0.1) is 0 Å². The van der Waals surface area contributed by atoms with E-state index in [0.29, 0.717) is 19.5 Å². The van der Waals surface area contributed by atoms with E-state index >= 15 is 0 Å². The molecule has 0 saturated heterocycles. The van der Waals surface area contributed by atoms with Crippen molar-refractivity contribution >= 4 is 11.9 Å². The summed E-state index contributed by atoms with van der Waals surface area (Å²) in [5.74, 6) is -1.64. The van der Waals surface area contributed by atoms with Crippen LogP contribution < -0.4 is 10.6 Å². The number of hydrogen-bond acceptors (Lipinski definition) is 4. The Kier molecular flexibility index (Phi) is 8.77. The highest BCUT2D eigenvalue weighted by Crippen LogP contribution is 2.34. The quantitative estimate of drug-likeness (QED) is 0.410. The Hall–Kier alpha value is -1.14.